The number of ether oxygens (including phenoxy) is 4. The Labute approximate surface area is 128 Å². The molecule has 4 atom stereocenters. The molecule has 0 bridgehead atoms. The van der Waals surface area contributed by atoms with Crippen LogP contribution in [0.5, 0.6) is 0 Å². The van der Waals surface area contributed by atoms with Gasteiger partial charge in [-0.1, -0.05) is 18.2 Å². The highest BCUT2D eigenvalue weighted by Gasteiger charge is 2.50. The first kappa shape index (κ1) is 15.4. The van der Waals surface area contributed by atoms with E-state index in [4.69, 9.17) is 18.9 Å². The highest BCUT2D eigenvalue weighted by atomic mass is 16.8. The molecule has 0 aromatic heterocycles. The lowest BCUT2D eigenvalue weighted by Crippen LogP contribution is -2.34. The summed E-state index contributed by atoms with van der Waals surface area (Å²) in [4.78, 5) is 11.8. The maximum absolute atomic E-state index is 11.8. The third-order valence-corrected chi connectivity index (χ3v) is 3.74. The van der Waals surface area contributed by atoms with Crippen LogP contribution in [0.25, 0.3) is 0 Å². The summed E-state index contributed by atoms with van der Waals surface area (Å²) in [6, 6.07) is 8.65. The van der Waals surface area contributed by atoms with Crippen LogP contribution in [0.1, 0.15) is 30.6 Å². The molecule has 0 aliphatic carbocycles. The summed E-state index contributed by atoms with van der Waals surface area (Å²) in [6.07, 6.45) is -1.53. The number of aliphatic hydroxyl groups is 1. The predicted molar refractivity (Wildman–Crippen MR) is 76.0 cm³/mol. The fraction of sp³-hybridized carbons (Fsp3) is 0.562. The topological polar surface area (TPSA) is 74.2 Å². The van der Waals surface area contributed by atoms with Crippen LogP contribution in [-0.2, 0) is 18.9 Å². The highest BCUT2D eigenvalue weighted by Crippen LogP contribution is 2.37. The standard InChI is InChI=1S/C16H20O6/c1-16(2)21-13-8-12(20-15(13)22-16)11(17)9-19-14(18)10-6-4-3-5-7-10/h3-7,11-13,15,17H,8-9H2,1-2H3/t11?,12-,13+,15+/m0/s1. The van der Waals surface area contributed by atoms with Crippen LogP contribution in [-0.4, -0.2) is 48.1 Å². The number of rotatable bonds is 4. The van der Waals surface area contributed by atoms with Gasteiger partial charge in [-0.25, -0.2) is 4.79 Å². The smallest absolute Gasteiger partial charge is 0.338 e. The molecule has 0 spiro atoms. The number of hydrogen-bond acceptors (Lipinski definition) is 6. The summed E-state index contributed by atoms with van der Waals surface area (Å²) in [5.74, 6) is -1.13. The van der Waals surface area contributed by atoms with Crippen LogP contribution in [0.3, 0.4) is 0 Å². The molecule has 1 aromatic carbocycles. The van der Waals surface area contributed by atoms with Gasteiger partial charge in [0.05, 0.1) is 11.7 Å². The number of fused-ring (bicyclic) bond motifs is 1. The van der Waals surface area contributed by atoms with E-state index in [9.17, 15) is 9.90 Å². The van der Waals surface area contributed by atoms with Gasteiger partial charge < -0.3 is 24.1 Å². The van der Waals surface area contributed by atoms with Crippen molar-refractivity contribution in [2.45, 2.75) is 50.7 Å². The lowest BCUT2D eigenvalue weighted by Gasteiger charge is -2.23. The van der Waals surface area contributed by atoms with E-state index in [1.54, 1.807) is 24.3 Å². The normalized spacial score (nSPS) is 30.8. The molecule has 120 valence electrons. The number of hydrogen-bond donors (Lipinski definition) is 1. The zero-order valence-corrected chi connectivity index (χ0v) is 12.6. The molecule has 2 saturated heterocycles. The maximum Gasteiger partial charge on any atom is 0.338 e. The quantitative estimate of drug-likeness (QED) is 0.849. The van der Waals surface area contributed by atoms with Crippen molar-refractivity contribution in [1.29, 1.82) is 0 Å². The second-order valence-corrected chi connectivity index (χ2v) is 5.98. The van der Waals surface area contributed by atoms with E-state index in [0.29, 0.717) is 12.0 Å². The SMILES string of the molecule is CC1(C)O[C@H]2O[C@H](C(O)COC(=O)c3ccccc3)C[C@H]2O1. The average Bonchev–Trinajstić information content (AvgIpc) is 2.98. The number of carbonyl (C=O) groups is 1. The summed E-state index contributed by atoms with van der Waals surface area (Å²) < 4.78 is 22.0. The number of aliphatic hydroxyl groups excluding tert-OH is 1. The Balaban J connectivity index is 1.48. The molecular formula is C16H20O6. The van der Waals surface area contributed by atoms with Crippen LogP contribution in [0.2, 0.25) is 0 Å². The number of carbonyl (C=O) groups excluding carboxylic acids is 1. The molecule has 2 aliphatic heterocycles. The first-order chi connectivity index (χ1) is 10.4. The Hall–Kier alpha value is -1.47. The van der Waals surface area contributed by atoms with Gasteiger partial charge in [-0.3, -0.25) is 0 Å². The lowest BCUT2D eigenvalue weighted by molar-refractivity contribution is -0.215. The van der Waals surface area contributed by atoms with Gasteiger partial charge in [-0.2, -0.15) is 0 Å². The molecule has 1 unspecified atom stereocenters. The van der Waals surface area contributed by atoms with Crippen molar-refractivity contribution in [1.82, 2.24) is 0 Å². The second-order valence-electron chi connectivity index (χ2n) is 5.98. The molecule has 22 heavy (non-hydrogen) atoms. The van der Waals surface area contributed by atoms with Crippen molar-refractivity contribution in [3.05, 3.63) is 35.9 Å². The van der Waals surface area contributed by atoms with Crippen molar-refractivity contribution in [2.75, 3.05) is 6.61 Å². The zero-order chi connectivity index (χ0) is 15.7. The van der Waals surface area contributed by atoms with E-state index < -0.39 is 30.3 Å². The Morgan fingerprint density at radius 1 is 1.36 bits per heavy atom. The Kier molecular flexibility index (Phi) is 4.18. The first-order valence-corrected chi connectivity index (χ1v) is 7.36. The van der Waals surface area contributed by atoms with E-state index in [1.165, 1.54) is 0 Å². The Morgan fingerprint density at radius 2 is 2.09 bits per heavy atom. The van der Waals surface area contributed by atoms with Crippen molar-refractivity contribution >= 4 is 5.97 Å². The molecule has 0 amide bonds. The van der Waals surface area contributed by atoms with Crippen LogP contribution in [0.15, 0.2) is 30.3 Å². The van der Waals surface area contributed by atoms with Gasteiger partial charge in [-0.05, 0) is 26.0 Å². The molecule has 1 aromatic rings. The molecule has 2 aliphatic rings. The van der Waals surface area contributed by atoms with E-state index in [0.717, 1.165) is 0 Å². The van der Waals surface area contributed by atoms with Gasteiger partial charge in [0.2, 0.25) is 0 Å². The van der Waals surface area contributed by atoms with E-state index in [1.807, 2.05) is 19.9 Å². The molecule has 2 heterocycles. The first-order valence-electron chi connectivity index (χ1n) is 7.36. The average molecular weight is 308 g/mol. The van der Waals surface area contributed by atoms with Crippen LogP contribution in [0.4, 0.5) is 0 Å². The van der Waals surface area contributed by atoms with Gasteiger partial charge in [-0.15, -0.1) is 0 Å². The summed E-state index contributed by atoms with van der Waals surface area (Å²) in [5.41, 5.74) is 0.451. The fourth-order valence-electron chi connectivity index (χ4n) is 2.71. The summed E-state index contributed by atoms with van der Waals surface area (Å²) in [7, 11) is 0. The van der Waals surface area contributed by atoms with Crippen molar-refractivity contribution in [2.24, 2.45) is 0 Å². The van der Waals surface area contributed by atoms with Crippen molar-refractivity contribution in [3.63, 3.8) is 0 Å². The third kappa shape index (κ3) is 3.30. The van der Waals surface area contributed by atoms with Gasteiger partial charge in [0.1, 0.15) is 18.8 Å². The van der Waals surface area contributed by atoms with Gasteiger partial charge in [0.15, 0.2) is 12.1 Å². The van der Waals surface area contributed by atoms with Crippen molar-refractivity contribution in [3.8, 4) is 0 Å². The molecule has 3 rings (SSSR count). The zero-order valence-electron chi connectivity index (χ0n) is 12.6. The monoisotopic (exact) mass is 308 g/mol. The predicted octanol–water partition coefficient (Wildman–Crippen LogP) is 1.47. The summed E-state index contributed by atoms with van der Waals surface area (Å²) in [5, 5.41) is 10.1. The summed E-state index contributed by atoms with van der Waals surface area (Å²) in [6.45, 7) is 3.52. The van der Waals surface area contributed by atoms with Crippen molar-refractivity contribution < 1.29 is 28.8 Å². The lowest BCUT2D eigenvalue weighted by atomic mass is 10.1. The van der Waals surface area contributed by atoms with Gasteiger partial charge in [0.25, 0.3) is 0 Å². The third-order valence-electron chi connectivity index (χ3n) is 3.74. The second kappa shape index (κ2) is 5.96. The molecule has 6 heteroatoms. The van der Waals surface area contributed by atoms with Crippen LogP contribution >= 0.6 is 0 Å². The molecule has 6 nitrogen and oxygen atoms in total. The van der Waals surface area contributed by atoms with Crippen LogP contribution in [0, 0.1) is 0 Å². The van der Waals surface area contributed by atoms with E-state index in [2.05, 4.69) is 0 Å². The Bertz CT molecular complexity index is 513. The minimum atomic E-state index is -0.909. The van der Waals surface area contributed by atoms with Gasteiger partial charge in [0, 0.05) is 6.42 Å². The minimum absolute atomic E-state index is 0.124. The number of esters is 1. The Morgan fingerprint density at radius 3 is 2.77 bits per heavy atom. The highest BCUT2D eigenvalue weighted by molar-refractivity contribution is 5.89. The fourth-order valence-corrected chi connectivity index (χ4v) is 2.71. The molecule has 2 fully saturated rings. The maximum atomic E-state index is 11.8. The molecular weight excluding hydrogens is 288 g/mol. The molecule has 0 radical (unpaired) electrons. The molecule has 1 N–H and O–H groups in total. The largest absolute Gasteiger partial charge is 0.459 e. The minimum Gasteiger partial charge on any atom is -0.459 e. The van der Waals surface area contributed by atoms with Crippen LogP contribution < -0.4 is 0 Å². The summed E-state index contributed by atoms with van der Waals surface area (Å²) >= 11 is 0. The van der Waals surface area contributed by atoms with Gasteiger partial charge >= 0.3 is 5.97 Å². The van der Waals surface area contributed by atoms with E-state index >= 15 is 0 Å². The number of benzene rings is 1. The van der Waals surface area contributed by atoms with E-state index in [-0.39, 0.29) is 12.7 Å². The molecule has 0 saturated carbocycles.